The highest BCUT2D eigenvalue weighted by molar-refractivity contribution is 5.92. The number of nitrogens with zero attached hydrogens (tertiary/aromatic N) is 1. The number of nitrogens with two attached hydrogens (primary N) is 1. The molecule has 1 unspecified atom stereocenters. The van der Waals surface area contributed by atoms with Gasteiger partial charge in [0.05, 0.1) is 13.2 Å². The number of anilines is 1. The summed E-state index contributed by atoms with van der Waals surface area (Å²) in [4.78, 5) is 14.1. The molecular weight excluding hydrogens is 254 g/mol. The number of carbonyl (C=O) groups is 1. The van der Waals surface area contributed by atoms with Crippen LogP contribution >= 0.6 is 0 Å². The van der Waals surface area contributed by atoms with E-state index in [0.29, 0.717) is 13.1 Å². The Morgan fingerprint density at radius 2 is 2.10 bits per heavy atom. The molecule has 1 atom stereocenters. The molecule has 1 aliphatic rings. The van der Waals surface area contributed by atoms with Gasteiger partial charge in [0.15, 0.2) is 0 Å². The first-order valence-electron chi connectivity index (χ1n) is 7.16. The number of carbonyl (C=O) groups excluding carboxylic acids is 1. The van der Waals surface area contributed by atoms with Gasteiger partial charge in [-0.2, -0.15) is 0 Å². The minimum absolute atomic E-state index is 0.0363. The van der Waals surface area contributed by atoms with Crippen LogP contribution in [0.1, 0.15) is 24.8 Å². The summed E-state index contributed by atoms with van der Waals surface area (Å²) in [6, 6.07) is 7.66. The zero-order valence-electron chi connectivity index (χ0n) is 11.7. The maximum Gasteiger partial charge on any atom is 0.238 e. The van der Waals surface area contributed by atoms with Gasteiger partial charge in [0.2, 0.25) is 5.91 Å². The Balaban J connectivity index is 1.87. The Kier molecular flexibility index (Phi) is 5.52. The third-order valence-electron chi connectivity index (χ3n) is 3.78. The highest BCUT2D eigenvalue weighted by atomic mass is 16.3. The topological polar surface area (TPSA) is 78.6 Å². The molecule has 1 aromatic rings. The zero-order chi connectivity index (χ0) is 14.4. The largest absolute Gasteiger partial charge is 0.395 e. The second kappa shape index (κ2) is 7.38. The van der Waals surface area contributed by atoms with Crippen molar-refractivity contribution in [1.29, 1.82) is 0 Å². The predicted molar refractivity (Wildman–Crippen MR) is 79.3 cm³/mol. The molecule has 1 aromatic carbocycles. The van der Waals surface area contributed by atoms with Gasteiger partial charge < -0.3 is 16.2 Å². The minimum atomic E-state index is -0.0363. The average Bonchev–Trinajstić information content (AvgIpc) is 2.48. The molecule has 1 saturated heterocycles. The van der Waals surface area contributed by atoms with Crippen molar-refractivity contribution in [3.63, 3.8) is 0 Å². The number of amides is 1. The van der Waals surface area contributed by atoms with Crippen molar-refractivity contribution in [3.05, 3.63) is 29.8 Å². The maximum atomic E-state index is 12.0. The molecule has 0 spiro atoms. The summed E-state index contributed by atoms with van der Waals surface area (Å²) in [6.07, 6.45) is 3.19. The van der Waals surface area contributed by atoms with Crippen LogP contribution in [-0.2, 0) is 11.3 Å². The van der Waals surface area contributed by atoms with E-state index in [9.17, 15) is 9.90 Å². The van der Waals surface area contributed by atoms with Gasteiger partial charge in [0.25, 0.3) is 0 Å². The lowest BCUT2D eigenvalue weighted by atomic mass is 10.0. The Labute approximate surface area is 119 Å². The van der Waals surface area contributed by atoms with Gasteiger partial charge in [-0.1, -0.05) is 18.6 Å². The molecular formula is C15H23N3O2. The summed E-state index contributed by atoms with van der Waals surface area (Å²) in [5, 5.41) is 12.2. The van der Waals surface area contributed by atoms with Crippen LogP contribution in [0.2, 0.25) is 0 Å². The van der Waals surface area contributed by atoms with Crippen LogP contribution in [0.5, 0.6) is 0 Å². The van der Waals surface area contributed by atoms with Gasteiger partial charge in [-0.15, -0.1) is 0 Å². The molecule has 4 N–H and O–H groups in total. The van der Waals surface area contributed by atoms with Crippen molar-refractivity contribution < 1.29 is 9.90 Å². The van der Waals surface area contributed by atoms with E-state index in [0.717, 1.165) is 37.1 Å². The molecule has 1 aliphatic heterocycles. The normalized spacial score (nSPS) is 19.8. The minimum Gasteiger partial charge on any atom is -0.395 e. The number of hydrogen-bond acceptors (Lipinski definition) is 4. The average molecular weight is 277 g/mol. The summed E-state index contributed by atoms with van der Waals surface area (Å²) >= 11 is 0. The molecule has 1 heterocycles. The number of rotatable bonds is 5. The molecule has 2 rings (SSSR count). The van der Waals surface area contributed by atoms with Crippen LogP contribution < -0.4 is 11.1 Å². The monoisotopic (exact) mass is 277 g/mol. The number of aliphatic hydroxyl groups excluding tert-OH is 1. The fourth-order valence-corrected chi connectivity index (χ4v) is 2.58. The van der Waals surface area contributed by atoms with E-state index in [1.165, 1.54) is 0 Å². The smallest absolute Gasteiger partial charge is 0.238 e. The van der Waals surface area contributed by atoms with Crippen molar-refractivity contribution in [2.24, 2.45) is 5.73 Å². The first kappa shape index (κ1) is 15.0. The number of benzene rings is 1. The Bertz CT molecular complexity index is 433. The van der Waals surface area contributed by atoms with E-state index in [4.69, 9.17) is 5.73 Å². The van der Waals surface area contributed by atoms with Crippen LogP contribution in [0.4, 0.5) is 5.69 Å². The molecule has 5 nitrogen and oxygen atoms in total. The van der Waals surface area contributed by atoms with Crippen LogP contribution in [0.3, 0.4) is 0 Å². The van der Waals surface area contributed by atoms with Gasteiger partial charge in [-0.25, -0.2) is 0 Å². The van der Waals surface area contributed by atoms with Crippen molar-refractivity contribution in [2.75, 3.05) is 25.0 Å². The van der Waals surface area contributed by atoms with Crippen LogP contribution in [-0.4, -0.2) is 41.7 Å². The van der Waals surface area contributed by atoms with Crippen molar-refractivity contribution >= 4 is 11.6 Å². The van der Waals surface area contributed by atoms with E-state index in [2.05, 4.69) is 10.2 Å². The lowest BCUT2D eigenvalue weighted by molar-refractivity contribution is -0.118. The molecule has 0 aliphatic carbocycles. The van der Waals surface area contributed by atoms with Crippen LogP contribution in [0.25, 0.3) is 0 Å². The Morgan fingerprint density at radius 1 is 1.35 bits per heavy atom. The van der Waals surface area contributed by atoms with Crippen molar-refractivity contribution in [3.8, 4) is 0 Å². The highest BCUT2D eigenvalue weighted by Gasteiger charge is 2.23. The zero-order valence-corrected chi connectivity index (χ0v) is 11.7. The molecule has 0 aromatic heterocycles. The summed E-state index contributed by atoms with van der Waals surface area (Å²) in [5.41, 5.74) is 7.36. The van der Waals surface area contributed by atoms with Crippen molar-refractivity contribution in [1.82, 2.24) is 4.90 Å². The molecule has 0 radical (unpaired) electrons. The van der Waals surface area contributed by atoms with E-state index in [1.807, 2.05) is 24.3 Å². The van der Waals surface area contributed by atoms with E-state index in [-0.39, 0.29) is 18.6 Å². The number of hydrogen-bond donors (Lipinski definition) is 3. The van der Waals surface area contributed by atoms with Gasteiger partial charge in [0, 0.05) is 18.3 Å². The van der Waals surface area contributed by atoms with Gasteiger partial charge >= 0.3 is 0 Å². The van der Waals surface area contributed by atoms with Crippen LogP contribution in [0.15, 0.2) is 24.3 Å². The molecule has 20 heavy (non-hydrogen) atoms. The second-order valence-corrected chi connectivity index (χ2v) is 5.25. The van der Waals surface area contributed by atoms with Gasteiger partial charge in [-0.05, 0) is 37.1 Å². The molecule has 5 heteroatoms. The molecule has 1 amide bonds. The fourth-order valence-electron chi connectivity index (χ4n) is 2.58. The van der Waals surface area contributed by atoms with E-state index >= 15 is 0 Å². The van der Waals surface area contributed by atoms with Gasteiger partial charge in [0.1, 0.15) is 0 Å². The summed E-state index contributed by atoms with van der Waals surface area (Å²) in [6.45, 7) is 1.84. The Morgan fingerprint density at radius 3 is 2.75 bits per heavy atom. The number of aliphatic hydroxyl groups is 1. The third kappa shape index (κ3) is 4.03. The number of piperidine rings is 1. The molecule has 110 valence electrons. The lowest BCUT2D eigenvalue weighted by Gasteiger charge is -2.33. The predicted octanol–water partition coefficient (Wildman–Crippen LogP) is 0.931. The molecule has 0 saturated carbocycles. The lowest BCUT2D eigenvalue weighted by Crippen LogP contribution is -2.45. The third-order valence-corrected chi connectivity index (χ3v) is 3.78. The quantitative estimate of drug-likeness (QED) is 0.748. The molecule has 0 bridgehead atoms. The van der Waals surface area contributed by atoms with Crippen LogP contribution in [0, 0.1) is 0 Å². The van der Waals surface area contributed by atoms with E-state index in [1.54, 1.807) is 0 Å². The maximum absolute atomic E-state index is 12.0. The molecule has 1 fully saturated rings. The van der Waals surface area contributed by atoms with Crippen molar-refractivity contribution in [2.45, 2.75) is 31.8 Å². The fraction of sp³-hybridized carbons (Fsp3) is 0.533. The first-order chi connectivity index (χ1) is 9.72. The first-order valence-corrected chi connectivity index (χ1v) is 7.16. The summed E-state index contributed by atoms with van der Waals surface area (Å²) < 4.78 is 0. The SMILES string of the molecule is NCc1ccc(NC(=O)CN2CCCCC2CO)cc1. The van der Waals surface area contributed by atoms with E-state index < -0.39 is 0 Å². The number of likely N-dealkylation sites (tertiary alicyclic amines) is 1. The summed E-state index contributed by atoms with van der Waals surface area (Å²) in [7, 11) is 0. The second-order valence-electron chi connectivity index (χ2n) is 5.25. The van der Waals surface area contributed by atoms with Gasteiger partial charge in [-0.3, -0.25) is 9.69 Å². The highest BCUT2D eigenvalue weighted by Crippen LogP contribution is 2.16. The summed E-state index contributed by atoms with van der Waals surface area (Å²) in [5.74, 6) is -0.0363. The Hall–Kier alpha value is -1.43. The number of nitrogens with one attached hydrogen (secondary N) is 1. The standard InChI is InChI=1S/C15H23N3O2/c16-9-12-4-6-13(7-5-12)17-15(20)10-18-8-2-1-3-14(18)11-19/h4-7,14,19H,1-3,8-11,16H2,(H,17,20).